The Bertz CT molecular complexity index is 148. The molecule has 3 nitrogen and oxygen atoms in total. The van der Waals surface area contributed by atoms with E-state index < -0.39 is 0 Å². The molecule has 0 spiro atoms. The topological polar surface area (TPSA) is 35.5 Å². The molecule has 1 heterocycles. The monoisotopic (exact) mass is 172 g/mol. The molecular formula is C9H16O3. The first-order valence-corrected chi connectivity index (χ1v) is 4.48. The van der Waals surface area contributed by atoms with Crippen LogP contribution in [0.4, 0.5) is 0 Å². The molecule has 0 unspecified atom stereocenters. The maximum Gasteiger partial charge on any atom is 0.308 e. The first-order chi connectivity index (χ1) is 5.70. The van der Waals surface area contributed by atoms with Gasteiger partial charge in [-0.1, -0.05) is 13.8 Å². The minimum atomic E-state index is -0.134. The molecular weight excluding hydrogens is 156 g/mol. The van der Waals surface area contributed by atoms with E-state index in [-0.39, 0.29) is 18.0 Å². The summed E-state index contributed by atoms with van der Waals surface area (Å²) in [5.41, 5.74) is 0. The van der Waals surface area contributed by atoms with E-state index in [1.54, 1.807) is 0 Å². The Labute approximate surface area is 73.0 Å². The van der Waals surface area contributed by atoms with E-state index >= 15 is 0 Å². The lowest BCUT2D eigenvalue weighted by Gasteiger charge is -2.11. The highest BCUT2D eigenvalue weighted by atomic mass is 16.6. The average Bonchev–Trinajstić information content (AvgIpc) is 2.51. The van der Waals surface area contributed by atoms with E-state index in [0.29, 0.717) is 6.61 Å². The summed E-state index contributed by atoms with van der Waals surface area (Å²) in [6.07, 6.45) is 2.25. The summed E-state index contributed by atoms with van der Waals surface area (Å²) < 4.78 is 10.3. The number of carbonyl (C=O) groups is 1. The smallest absolute Gasteiger partial charge is 0.308 e. The van der Waals surface area contributed by atoms with Gasteiger partial charge in [0, 0.05) is 6.61 Å². The lowest BCUT2D eigenvalue weighted by Crippen LogP contribution is -2.20. The Morgan fingerprint density at radius 1 is 1.67 bits per heavy atom. The molecule has 1 saturated heterocycles. The van der Waals surface area contributed by atoms with E-state index in [1.165, 1.54) is 0 Å². The standard InChI is InChI=1S/C9H16O3/c1-7(2)9(10)12-6-8-4-3-5-11-8/h7-8H,3-6H2,1-2H3/t8-/m0/s1. The van der Waals surface area contributed by atoms with Crippen molar-refractivity contribution in [3.05, 3.63) is 0 Å². The molecule has 1 atom stereocenters. The van der Waals surface area contributed by atoms with Gasteiger partial charge in [0.25, 0.3) is 0 Å². The van der Waals surface area contributed by atoms with Crippen molar-refractivity contribution in [2.75, 3.05) is 13.2 Å². The number of esters is 1. The first-order valence-electron chi connectivity index (χ1n) is 4.48. The third-order valence-corrected chi connectivity index (χ3v) is 1.91. The molecule has 0 N–H and O–H groups in total. The molecule has 3 heteroatoms. The molecule has 0 amide bonds. The van der Waals surface area contributed by atoms with E-state index in [9.17, 15) is 4.79 Å². The Hall–Kier alpha value is -0.570. The third-order valence-electron chi connectivity index (χ3n) is 1.91. The van der Waals surface area contributed by atoms with Gasteiger partial charge < -0.3 is 9.47 Å². The quantitative estimate of drug-likeness (QED) is 0.603. The molecule has 70 valence electrons. The number of carbonyl (C=O) groups excluding carboxylic acids is 1. The average molecular weight is 172 g/mol. The summed E-state index contributed by atoms with van der Waals surface area (Å²) in [6.45, 7) is 4.90. The zero-order valence-electron chi connectivity index (χ0n) is 7.71. The van der Waals surface area contributed by atoms with Crippen molar-refractivity contribution < 1.29 is 14.3 Å². The van der Waals surface area contributed by atoms with Gasteiger partial charge >= 0.3 is 5.97 Å². The van der Waals surface area contributed by atoms with Crippen LogP contribution in [0.25, 0.3) is 0 Å². The Morgan fingerprint density at radius 3 is 2.92 bits per heavy atom. The summed E-state index contributed by atoms with van der Waals surface area (Å²) >= 11 is 0. The van der Waals surface area contributed by atoms with Crippen LogP contribution in [0.2, 0.25) is 0 Å². The van der Waals surface area contributed by atoms with Gasteiger partial charge in [0.05, 0.1) is 12.0 Å². The fraction of sp³-hybridized carbons (Fsp3) is 0.889. The molecule has 0 aromatic rings. The SMILES string of the molecule is CC(C)C(=O)OC[C@@H]1CCCO1. The molecule has 0 radical (unpaired) electrons. The summed E-state index contributed by atoms with van der Waals surface area (Å²) in [7, 11) is 0. The van der Waals surface area contributed by atoms with E-state index in [2.05, 4.69) is 0 Å². The second-order valence-corrected chi connectivity index (χ2v) is 3.42. The fourth-order valence-electron chi connectivity index (χ4n) is 1.12. The lowest BCUT2D eigenvalue weighted by molar-refractivity contribution is -0.150. The Balaban J connectivity index is 2.12. The van der Waals surface area contributed by atoms with Gasteiger partial charge in [0.2, 0.25) is 0 Å². The van der Waals surface area contributed by atoms with Gasteiger partial charge in [0.15, 0.2) is 0 Å². The van der Waals surface area contributed by atoms with Crippen LogP contribution in [0.3, 0.4) is 0 Å². The van der Waals surface area contributed by atoms with Gasteiger partial charge in [-0.2, -0.15) is 0 Å². The van der Waals surface area contributed by atoms with E-state index in [1.807, 2.05) is 13.8 Å². The third kappa shape index (κ3) is 2.81. The van der Waals surface area contributed by atoms with Gasteiger partial charge in [-0.15, -0.1) is 0 Å². The van der Waals surface area contributed by atoms with Crippen LogP contribution >= 0.6 is 0 Å². The Morgan fingerprint density at radius 2 is 2.42 bits per heavy atom. The summed E-state index contributed by atoms with van der Waals surface area (Å²) in [4.78, 5) is 11.0. The highest BCUT2D eigenvalue weighted by Crippen LogP contribution is 2.12. The molecule has 0 aliphatic carbocycles. The van der Waals surface area contributed by atoms with Crippen LogP contribution in [-0.4, -0.2) is 25.3 Å². The molecule has 12 heavy (non-hydrogen) atoms. The summed E-state index contributed by atoms with van der Waals surface area (Å²) in [5, 5.41) is 0. The van der Waals surface area contributed by atoms with Gasteiger partial charge in [0.1, 0.15) is 6.61 Å². The van der Waals surface area contributed by atoms with Gasteiger partial charge in [-0.25, -0.2) is 0 Å². The van der Waals surface area contributed by atoms with Crippen LogP contribution in [0.1, 0.15) is 26.7 Å². The van der Waals surface area contributed by atoms with Crippen LogP contribution in [-0.2, 0) is 14.3 Å². The molecule has 1 rings (SSSR count). The molecule has 1 fully saturated rings. The van der Waals surface area contributed by atoms with Gasteiger partial charge in [-0.05, 0) is 12.8 Å². The zero-order chi connectivity index (χ0) is 8.97. The van der Waals surface area contributed by atoms with E-state index in [4.69, 9.17) is 9.47 Å². The first kappa shape index (κ1) is 9.52. The molecule has 1 aliphatic rings. The van der Waals surface area contributed by atoms with Gasteiger partial charge in [-0.3, -0.25) is 4.79 Å². The zero-order valence-corrected chi connectivity index (χ0v) is 7.71. The predicted octanol–water partition coefficient (Wildman–Crippen LogP) is 1.36. The van der Waals surface area contributed by atoms with Crippen molar-refractivity contribution in [1.29, 1.82) is 0 Å². The highest BCUT2D eigenvalue weighted by Gasteiger charge is 2.18. The van der Waals surface area contributed by atoms with Crippen molar-refractivity contribution >= 4 is 5.97 Å². The van der Waals surface area contributed by atoms with Crippen molar-refractivity contribution in [3.63, 3.8) is 0 Å². The molecule has 1 aliphatic heterocycles. The maximum absolute atomic E-state index is 11.0. The Kier molecular flexibility index (Phi) is 3.53. The minimum Gasteiger partial charge on any atom is -0.463 e. The van der Waals surface area contributed by atoms with Crippen LogP contribution in [0.5, 0.6) is 0 Å². The van der Waals surface area contributed by atoms with Crippen molar-refractivity contribution in [3.8, 4) is 0 Å². The predicted molar refractivity (Wildman–Crippen MR) is 44.8 cm³/mol. The molecule has 0 aromatic heterocycles. The van der Waals surface area contributed by atoms with Crippen LogP contribution in [0, 0.1) is 5.92 Å². The molecule has 0 aromatic carbocycles. The lowest BCUT2D eigenvalue weighted by atomic mass is 10.2. The molecule has 0 saturated carbocycles. The fourth-order valence-corrected chi connectivity index (χ4v) is 1.12. The molecule has 0 bridgehead atoms. The largest absolute Gasteiger partial charge is 0.463 e. The number of hydrogen-bond donors (Lipinski definition) is 0. The van der Waals surface area contributed by atoms with Crippen molar-refractivity contribution in [1.82, 2.24) is 0 Å². The summed E-state index contributed by atoms with van der Waals surface area (Å²) in [5.74, 6) is -0.170. The number of rotatable bonds is 3. The van der Waals surface area contributed by atoms with Crippen molar-refractivity contribution in [2.45, 2.75) is 32.8 Å². The number of hydrogen-bond acceptors (Lipinski definition) is 3. The highest BCUT2D eigenvalue weighted by molar-refractivity contribution is 5.71. The second kappa shape index (κ2) is 4.45. The van der Waals surface area contributed by atoms with Crippen molar-refractivity contribution in [2.24, 2.45) is 5.92 Å². The van der Waals surface area contributed by atoms with E-state index in [0.717, 1.165) is 19.4 Å². The normalized spacial score (nSPS) is 23.1. The maximum atomic E-state index is 11.0. The second-order valence-electron chi connectivity index (χ2n) is 3.42. The summed E-state index contributed by atoms with van der Waals surface area (Å²) in [6, 6.07) is 0. The van der Waals surface area contributed by atoms with Crippen LogP contribution < -0.4 is 0 Å². The van der Waals surface area contributed by atoms with Crippen LogP contribution in [0.15, 0.2) is 0 Å². The minimum absolute atomic E-state index is 0.0357. The number of ether oxygens (including phenoxy) is 2.